The molecule has 1 atom stereocenters. The lowest BCUT2D eigenvalue weighted by molar-refractivity contribution is -0.129. The molecule has 3 aliphatic rings. The first-order valence-corrected chi connectivity index (χ1v) is 16.3. The Morgan fingerprint density at radius 3 is 2.55 bits per heavy atom. The lowest BCUT2D eigenvalue weighted by Crippen LogP contribution is -2.46. The number of hydrogen-bond acceptors (Lipinski definition) is 10. The van der Waals surface area contributed by atoms with Crippen molar-refractivity contribution in [3.05, 3.63) is 65.2 Å². The second-order valence-electron chi connectivity index (χ2n) is 11.6. The number of aromatic nitrogens is 1. The van der Waals surface area contributed by atoms with Crippen molar-refractivity contribution in [1.82, 2.24) is 26.0 Å². The van der Waals surface area contributed by atoms with Crippen LogP contribution >= 0.6 is 0 Å². The first-order valence-electron chi connectivity index (χ1n) is 16.3. The second-order valence-corrected chi connectivity index (χ2v) is 11.6. The number of rotatable bonds is 4. The van der Waals surface area contributed by atoms with E-state index in [4.69, 9.17) is 18.7 Å². The molecule has 0 radical (unpaired) electrons. The van der Waals surface area contributed by atoms with Crippen LogP contribution in [-0.4, -0.2) is 92.8 Å². The average molecular weight is 681 g/mol. The average Bonchev–Trinajstić information content (AvgIpc) is 3.62. The minimum absolute atomic E-state index is 0.0212. The van der Waals surface area contributed by atoms with Crippen molar-refractivity contribution in [1.29, 1.82) is 0 Å². The number of carbonyl (C=O) groups excluding carboxylic acids is 4. The summed E-state index contributed by atoms with van der Waals surface area (Å²) >= 11 is 0. The van der Waals surface area contributed by atoms with E-state index in [1.165, 1.54) is 25.3 Å². The molecule has 1 aromatic heterocycles. The first-order chi connectivity index (χ1) is 23.7. The van der Waals surface area contributed by atoms with Crippen LogP contribution in [0, 0.1) is 5.82 Å². The molecular formula is C34H41FN6O8. The second kappa shape index (κ2) is 16.8. The first kappa shape index (κ1) is 35.1. The van der Waals surface area contributed by atoms with Crippen LogP contribution in [0.3, 0.4) is 0 Å². The Bertz CT molecular complexity index is 1640. The number of benzene rings is 2. The number of methoxy groups -OCH3 is 1. The van der Waals surface area contributed by atoms with E-state index in [9.17, 15) is 19.2 Å². The number of fused-ring (bicyclic) bond motifs is 16. The van der Waals surface area contributed by atoms with Gasteiger partial charge in [-0.3, -0.25) is 19.2 Å². The van der Waals surface area contributed by atoms with Crippen LogP contribution < -0.4 is 30.3 Å². The molecule has 49 heavy (non-hydrogen) atoms. The number of carbonyl (C=O) groups is 4. The smallest absolute Gasteiger partial charge is 0.292 e. The Morgan fingerprint density at radius 2 is 1.80 bits per heavy atom. The summed E-state index contributed by atoms with van der Waals surface area (Å²) < 4.78 is 37.1. The van der Waals surface area contributed by atoms with Gasteiger partial charge < -0.3 is 44.5 Å². The van der Waals surface area contributed by atoms with Gasteiger partial charge in [-0.1, -0.05) is 18.1 Å². The Labute approximate surface area is 283 Å². The summed E-state index contributed by atoms with van der Waals surface area (Å²) in [5, 5.41) is 12.4. The molecule has 4 amide bonds. The van der Waals surface area contributed by atoms with Crippen molar-refractivity contribution >= 4 is 29.4 Å². The largest absolute Gasteiger partial charge is 0.493 e. The van der Waals surface area contributed by atoms with Gasteiger partial charge in [-0.05, 0) is 55.2 Å². The Balaban J connectivity index is 1.34. The summed E-state index contributed by atoms with van der Waals surface area (Å²) in [4.78, 5) is 55.9. The zero-order chi connectivity index (χ0) is 34.8. The van der Waals surface area contributed by atoms with Crippen LogP contribution in [0.25, 0.3) is 0 Å². The van der Waals surface area contributed by atoms with Gasteiger partial charge in [0.15, 0.2) is 28.9 Å². The van der Waals surface area contributed by atoms with Gasteiger partial charge in [-0.15, -0.1) is 0 Å². The predicted octanol–water partition coefficient (Wildman–Crippen LogP) is 3.02. The summed E-state index contributed by atoms with van der Waals surface area (Å²) in [6.07, 6.45) is 1.11. The molecular weight excluding hydrogens is 639 g/mol. The zero-order valence-corrected chi connectivity index (χ0v) is 27.6. The molecule has 3 aromatic rings. The molecule has 0 unspecified atom stereocenters. The van der Waals surface area contributed by atoms with E-state index in [0.717, 1.165) is 0 Å². The topological polar surface area (TPSA) is 165 Å². The van der Waals surface area contributed by atoms with Crippen molar-refractivity contribution in [2.45, 2.75) is 45.2 Å². The van der Waals surface area contributed by atoms with Crippen LogP contribution in [0.1, 0.15) is 59.1 Å². The summed E-state index contributed by atoms with van der Waals surface area (Å²) in [7, 11) is 1.43. The Morgan fingerprint density at radius 1 is 1.00 bits per heavy atom. The van der Waals surface area contributed by atoms with Crippen molar-refractivity contribution in [2.75, 3.05) is 57.9 Å². The lowest BCUT2D eigenvalue weighted by Gasteiger charge is -2.25. The van der Waals surface area contributed by atoms with Crippen LogP contribution in [0.5, 0.6) is 17.2 Å². The van der Waals surface area contributed by atoms with E-state index in [1.807, 2.05) is 4.90 Å². The van der Waals surface area contributed by atoms with Gasteiger partial charge in [-0.2, -0.15) is 0 Å². The maximum Gasteiger partial charge on any atom is 0.292 e. The molecule has 2 aromatic carbocycles. The maximum absolute atomic E-state index is 15.1. The third kappa shape index (κ3) is 9.25. The van der Waals surface area contributed by atoms with Crippen LogP contribution in [-0.2, 0) is 20.9 Å². The zero-order valence-electron chi connectivity index (χ0n) is 27.6. The molecule has 0 saturated carbocycles. The highest BCUT2D eigenvalue weighted by molar-refractivity contribution is 5.95. The normalized spacial score (nSPS) is 18.6. The highest BCUT2D eigenvalue weighted by Crippen LogP contribution is 2.34. The fourth-order valence-electron chi connectivity index (χ4n) is 5.47. The van der Waals surface area contributed by atoms with E-state index in [2.05, 4.69) is 21.1 Å². The number of ether oxygens (including phenoxy) is 3. The monoisotopic (exact) mass is 680 g/mol. The van der Waals surface area contributed by atoms with Gasteiger partial charge in [0.1, 0.15) is 6.04 Å². The summed E-state index contributed by atoms with van der Waals surface area (Å²) in [6, 6.07) is 9.64. The number of anilines is 1. The molecule has 0 spiro atoms. The molecule has 262 valence electrons. The molecule has 1 fully saturated rings. The number of nitrogens with zero attached hydrogens (tertiary/aromatic N) is 3. The third-order valence-electron chi connectivity index (χ3n) is 8.22. The SMILES string of the molecule is CC[C@@H]1NC(=O)CCCN(C(=O)c2cc(N3CCOCC3)no2)CCCNC(=O)c2ccc(OC)c(c2)Oc2ccc(cc2F)CNC1=O. The Kier molecular flexibility index (Phi) is 12.0. The van der Waals surface area contributed by atoms with E-state index in [1.54, 1.807) is 36.1 Å². The minimum atomic E-state index is -0.796. The van der Waals surface area contributed by atoms with Crippen LogP contribution in [0.2, 0.25) is 0 Å². The quantitative estimate of drug-likeness (QED) is 0.373. The molecule has 4 heterocycles. The molecule has 0 aliphatic carbocycles. The van der Waals surface area contributed by atoms with Gasteiger partial charge in [-0.25, -0.2) is 4.39 Å². The van der Waals surface area contributed by atoms with E-state index in [-0.39, 0.29) is 61.3 Å². The van der Waals surface area contributed by atoms with Crippen molar-refractivity contribution in [2.24, 2.45) is 0 Å². The molecule has 4 bridgehead atoms. The number of nitrogens with one attached hydrogen (secondary N) is 3. The molecule has 1 saturated heterocycles. The van der Waals surface area contributed by atoms with Gasteiger partial charge in [0, 0.05) is 57.3 Å². The fraction of sp³-hybridized carbons (Fsp3) is 0.441. The van der Waals surface area contributed by atoms with E-state index in [0.29, 0.717) is 62.7 Å². The molecule has 6 rings (SSSR count). The molecule has 3 N–H and O–H groups in total. The van der Waals surface area contributed by atoms with Gasteiger partial charge in [0.25, 0.3) is 11.8 Å². The standard InChI is InChI=1S/C34H41FN6O8/c1-3-25-33(44)37-21-22-7-9-26(24(35)18-22)48-28-19-23(8-10-27(28)46-2)32(43)36-11-5-13-41(12-4-6-31(42)38-25)34(45)29-20-30(39-49-29)40-14-16-47-17-15-40/h7-10,18-20,25H,3-6,11-17,21H2,1-2H3,(H,36,43)(H,37,44)(H,38,42)/t25-/m0/s1. The van der Waals surface area contributed by atoms with Crippen LogP contribution in [0.4, 0.5) is 10.2 Å². The predicted molar refractivity (Wildman–Crippen MR) is 175 cm³/mol. The maximum atomic E-state index is 15.1. The number of morpholine rings is 1. The molecule has 3 aliphatic heterocycles. The number of hydrogen-bond donors (Lipinski definition) is 3. The van der Waals surface area contributed by atoms with Gasteiger partial charge in [0.2, 0.25) is 17.6 Å². The summed E-state index contributed by atoms with van der Waals surface area (Å²) in [6.45, 7) is 4.84. The van der Waals surface area contributed by atoms with E-state index < -0.39 is 29.6 Å². The Hall–Kier alpha value is -5.18. The summed E-state index contributed by atoms with van der Waals surface area (Å²) in [5.41, 5.74) is 0.738. The summed E-state index contributed by atoms with van der Waals surface area (Å²) in [5.74, 6) is -1.30. The van der Waals surface area contributed by atoms with E-state index >= 15 is 4.39 Å². The van der Waals surface area contributed by atoms with Gasteiger partial charge >= 0.3 is 0 Å². The van der Waals surface area contributed by atoms with Crippen molar-refractivity contribution < 1.29 is 42.3 Å². The highest BCUT2D eigenvalue weighted by Gasteiger charge is 2.25. The number of amides is 4. The van der Waals surface area contributed by atoms with Crippen molar-refractivity contribution in [3.63, 3.8) is 0 Å². The molecule has 15 heteroatoms. The van der Waals surface area contributed by atoms with Gasteiger partial charge in [0.05, 0.1) is 20.3 Å². The van der Waals surface area contributed by atoms with Crippen molar-refractivity contribution in [3.8, 4) is 17.2 Å². The molecule has 14 nitrogen and oxygen atoms in total. The fourth-order valence-corrected chi connectivity index (χ4v) is 5.47. The highest BCUT2D eigenvalue weighted by atomic mass is 19.1. The lowest BCUT2D eigenvalue weighted by atomic mass is 10.1. The van der Waals surface area contributed by atoms with Crippen LogP contribution in [0.15, 0.2) is 47.0 Å². The third-order valence-corrected chi connectivity index (χ3v) is 8.22. The minimum Gasteiger partial charge on any atom is -0.493 e. The number of halogens is 1.